The molecule has 0 aliphatic heterocycles. The number of hydrogen-bond acceptors (Lipinski definition) is 2. The number of rotatable bonds is 5. The molecule has 0 aromatic rings. The molecule has 0 unspecified atom stereocenters. The van der Waals surface area contributed by atoms with E-state index in [1.54, 1.807) is 0 Å². The molecule has 0 atom stereocenters. The quantitative estimate of drug-likeness (QED) is 0.484. The van der Waals surface area contributed by atoms with Crippen molar-refractivity contribution in [1.82, 2.24) is 0 Å². The summed E-state index contributed by atoms with van der Waals surface area (Å²) < 4.78 is 11.0. The Morgan fingerprint density at radius 2 is 1.50 bits per heavy atom. The third-order valence-electron chi connectivity index (χ3n) is 1.23. The zero-order valence-electron chi connectivity index (χ0n) is 8.14. The van der Waals surface area contributed by atoms with Crippen molar-refractivity contribution in [3.05, 3.63) is 31.6 Å². The lowest BCUT2D eigenvalue weighted by Crippen LogP contribution is -2.36. The minimum absolute atomic E-state index is 0.646. The molecule has 0 bridgehead atoms. The summed E-state index contributed by atoms with van der Waals surface area (Å²) >= 11 is 0. The van der Waals surface area contributed by atoms with Crippen molar-refractivity contribution in [3.8, 4) is 0 Å². The first-order valence-corrected chi connectivity index (χ1v) is 6.40. The Hall–Kier alpha value is -0.703. The molecule has 0 heterocycles. The molecular formula is C9H17O2Si. The Bertz CT molecular complexity index is 171. The zero-order chi connectivity index (χ0) is 9.78. The summed E-state index contributed by atoms with van der Waals surface area (Å²) in [6.45, 7) is 16.7. The summed E-state index contributed by atoms with van der Waals surface area (Å²) in [4.78, 5) is 0. The van der Waals surface area contributed by atoms with E-state index in [9.17, 15) is 0 Å². The fourth-order valence-electron chi connectivity index (χ4n) is 0.860. The van der Waals surface area contributed by atoms with E-state index in [2.05, 4.69) is 20.1 Å². The van der Waals surface area contributed by atoms with Crippen LogP contribution in [0.2, 0.25) is 12.6 Å². The first-order valence-electron chi connectivity index (χ1n) is 3.88. The highest BCUT2D eigenvalue weighted by molar-refractivity contribution is 6.66. The lowest BCUT2D eigenvalue weighted by atomic mass is 10.7. The van der Waals surface area contributed by atoms with Gasteiger partial charge < -0.3 is 8.85 Å². The van der Waals surface area contributed by atoms with Crippen LogP contribution < -0.4 is 0 Å². The Balaban J connectivity index is 4.23. The van der Waals surface area contributed by atoms with E-state index in [0.717, 1.165) is 0 Å². The highest BCUT2D eigenvalue weighted by Crippen LogP contribution is 2.18. The average molecular weight is 185 g/mol. The van der Waals surface area contributed by atoms with Crippen LogP contribution in [-0.2, 0) is 8.85 Å². The maximum absolute atomic E-state index is 5.50. The van der Waals surface area contributed by atoms with Gasteiger partial charge in [-0.2, -0.15) is 0 Å². The highest BCUT2D eigenvalue weighted by Gasteiger charge is 2.33. The Morgan fingerprint density at radius 3 is 1.67 bits per heavy atom. The van der Waals surface area contributed by atoms with Crippen molar-refractivity contribution in [2.24, 2.45) is 0 Å². The molecule has 0 amide bonds. The molecule has 0 aromatic carbocycles. The van der Waals surface area contributed by atoms with Gasteiger partial charge in [0.15, 0.2) is 0 Å². The predicted molar refractivity (Wildman–Crippen MR) is 53.6 cm³/mol. The van der Waals surface area contributed by atoms with Gasteiger partial charge in [0.05, 0.1) is 11.5 Å². The van der Waals surface area contributed by atoms with Gasteiger partial charge in [-0.25, -0.2) is 0 Å². The molecule has 3 heteroatoms. The summed E-state index contributed by atoms with van der Waals surface area (Å²) in [7, 11) is -2.16. The van der Waals surface area contributed by atoms with E-state index >= 15 is 0 Å². The van der Waals surface area contributed by atoms with Crippen LogP contribution in [0.15, 0.2) is 24.7 Å². The van der Waals surface area contributed by atoms with Gasteiger partial charge in [-0.15, -0.1) is 0 Å². The van der Waals surface area contributed by atoms with Gasteiger partial charge in [-0.1, -0.05) is 13.2 Å². The molecule has 0 aromatic heterocycles. The van der Waals surface area contributed by atoms with Crippen molar-refractivity contribution in [2.45, 2.75) is 26.4 Å². The highest BCUT2D eigenvalue weighted by atomic mass is 28.4. The van der Waals surface area contributed by atoms with E-state index in [1.807, 2.05) is 20.4 Å². The summed E-state index contributed by atoms with van der Waals surface area (Å²) in [6.07, 6.45) is 0. The van der Waals surface area contributed by atoms with E-state index in [0.29, 0.717) is 17.6 Å². The lowest BCUT2D eigenvalue weighted by Gasteiger charge is -2.27. The first kappa shape index (κ1) is 11.3. The summed E-state index contributed by atoms with van der Waals surface area (Å²) in [5.74, 6) is 1.35. The topological polar surface area (TPSA) is 18.5 Å². The fourth-order valence-corrected chi connectivity index (χ4v) is 2.58. The fraction of sp³-hybridized carbons (Fsp3) is 0.444. The van der Waals surface area contributed by atoms with Crippen LogP contribution in [0.1, 0.15) is 13.8 Å². The molecule has 0 saturated heterocycles. The number of hydrogen-bond donors (Lipinski definition) is 0. The molecule has 0 spiro atoms. The van der Waals surface area contributed by atoms with Crippen molar-refractivity contribution in [3.63, 3.8) is 0 Å². The molecule has 0 N–H and O–H groups in total. The summed E-state index contributed by atoms with van der Waals surface area (Å²) in [6, 6.07) is 0.646. The van der Waals surface area contributed by atoms with Crippen LogP contribution >= 0.6 is 0 Å². The SMILES string of the molecule is [CH2]C[Si](C)(OC(=C)C)OC(=C)C. The summed E-state index contributed by atoms with van der Waals surface area (Å²) in [5.41, 5.74) is 0. The maximum Gasteiger partial charge on any atom is 0.456 e. The molecule has 0 aliphatic rings. The van der Waals surface area contributed by atoms with E-state index in [1.165, 1.54) is 0 Å². The molecular weight excluding hydrogens is 168 g/mol. The smallest absolute Gasteiger partial charge is 0.456 e. The van der Waals surface area contributed by atoms with Gasteiger partial charge >= 0.3 is 8.56 Å². The largest absolute Gasteiger partial charge is 0.517 e. The van der Waals surface area contributed by atoms with Gasteiger partial charge in [0.25, 0.3) is 0 Å². The van der Waals surface area contributed by atoms with Gasteiger partial charge in [0.1, 0.15) is 0 Å². The Morgan fingerprint density at radius 1 is 1.17 bits per heavy atom. The van der Waals surface area contributed by atoms with Crippen molar-refractivity contribution in [2.75, 3.05) is 0 Å². The molecule has 0 fully saturated rings. The van der Waals surface area contributed by atoms with E-state index in [-0.39, 0.29) is 0 Å². The Kier molecular flexibility index (Phi) is 4.10. The van der Waals surface area contributed by atoms with Gasteiger partial charge in [0, 0.05) is 12.6 Å². The van der Waals surface area contributed by atoms with Crippen LogP contribution in [0.5, 0.6) is 0 Å². The van der Waals surface area contributed by atoms with Gasteiger partial charge in [0.2, 0.25) is 0 Å². The predicted octanol–water partition coefficient (Wildman–Crippen LogP) is 2.99. The Labute approximate surface area is 76.1 Å². The second kappa shape index (κ2) is 4.35. The third kappa shape index (κ3) is 4.23. The van der Waals surface area contributed by atoms with Crippen LogP contribution in [-0.4, -0.2) is 8.56 Å². The number of allylic oxidation sites excluding steroid dienone is 2. The molecule has 69 valence electrons. The average Bonchev–Trinajstić information content (AvgIpc) is 1.83. The van der Waals surface area contributed by atoms with Crippen molar-refractivity contribution < 1.29 is 8.85 Å². The molecule has 0 aliphatic carbocycles. The summed E-state index contributed by atoms with van der Waals surface area (Å²) in [5, 5.41) is 0. The second-order valence-electron chi connectivity index (χ2n) is 2.99. The van der Waals surface area contributed by atoms with E-state index in [4.69, 9.17) is 8.85 Å². The van der Waals surface area contributed by atoms with Gasteiger partial charge in [-0.05, 0) is 20.8 Å². The monoisotopic (exact) mass is 185 g/mol. The zero-order valence-corrected chi connectivity index (χ0v) is 9.14. The second-order valence-corrected chi connectivity index (χ2v) is 6.17. The van der Waals surface area contributed by atoms with Crippen LogP contribution in [0, 0.1) is 6.92 Å². The molecule has 1 radical (unpaired) electrons. The van der Waals surface area contributed by atoms with Crippen molar-refractivity contribution in [1.29, 1.82) is 0 Å². The van der Waals surface area contributed by atoms with Crippen LogP contribution in [0.25, 0.3) is 0 Å². The minimum Gasteiger partial charge on any atom is -0.517 e. The normalized spacial score (nSPS) is 10.7. The molecule has 2 nitrogen and oxygen atoms in total. The first-order chi connectivity index (χ1) is 5.39. The lowest BCUT2D eigenvalue weighted by molar-refractivity contribution is 0.272. The van der Waals surface area contributed by atoms with Crippen LogP contribution in [0.4, 0.5) is 0 Å². The van der Waals surface area contributed by atoms with Crippen molar-refractivity contribution >= 4 is 8.56 Å². The minimum atomic E-state index is -2.16. The standard InChI is InChI=1S/C9H17O2Si/c1-7-12(6,10-8(2)3)11-9(4)5/h1-2,4,7H2,3,5-6H3. The molecule has 0 saturated carbocycles. The van der Waals surface area contributed by atoms with E-state index < -0.39 is 8.56 Å². The third-order valence-corrected chi connectivity index (χ3v) is 3.70. The molecule has 12 heavy (non-hydrogen) atoms. The van der Waals surface area contributed by atoms with Crippen LogP contribution in [0.3, 0.4) is 0 Å². The maximum atomic E-state index is 5.50. The molecule has 0 rings (SSSR count). The van der Waals surface area contributed by atoms with Gasteiger partial charge in [-0.3, -0.25) is 0 Å².